The smallest absolute Gasteiger partial charge is 0.272 e. The number of carbonyl (C=O) groups is 1. The zero-order chi connectivity index (χ0) is 17.7. The molecule has 2 aromatic rings. The van der Waals surface area contributed by atoms with Crippen molar-refractivity contribution in [1.29, 1.82) is 0 Å². The number of hydrogen-bond donors (Lipinski definition) is 1. The van der Waals surface area contributed by atoms with Gasteiger partial charge in [-0.3, -0.25) is 4.79 Å². The average molecular weight is 367 g/mol. The van der Waals surface area contributed by atoms with Gasteiger partial charge in [-0.05, 0) is 61.6 Å². The van der Waals surface area contributed by atoms with Gasteiger partial charge in [0.1, 0.15) is 12.9 Å². The summed E-state index contributed by atoms with van der Waals surface area (Å²) in [5.41, 5.74) is -0.126. The Morgan fingerprint density at radius 2 is 2.21 bits per heavy atom. The topological polar surface area (TPSA) is 59.9 Å². The molecule has 0 saturated heterocycles. The molecule has 2 rings (SSSR count). The number of aryl methyl sites for hydroxylation is 1. The molecule has 1 atom stereocenters. The van der Waals surface area contributed by atoms with E-state index in [1.807, 2.05) is 39.2 Å². The Labute approximate surface area is 150 Å². The van der Waals surface area contributed by atoms with E-state index < -0.39 is 11.0 Å². The van der Waals surface area contributed by atoms with Crippen molar-refractivity contribution in [3.63, 3.8) is 0 Å². The van der Waals surface area contributed by atoms with Crippen LogP contribution in [0.2, 0.25) is 0 Å². The van der Waals surface area contributed by atoms with E-state index in [0.717, 1.165) is 10.9 Å². The molecule has 0 fully saturated rings. The maximum atomic E-state index is 12.5. The first kappa shape index (κ1) is 18.6. The number of amides is 1. The third-order valence-corrected chi connectivity index (χ3v) is 5.11. The number of hydrogen-bond acceptors (Lipinski definition) is 6. The van der Waals surface area contributed by atoms with Crippen molar-refractivity contribution in [2.45, 2.75) is 31.7 Å². The Hall–Kier alpha value is -1.73. The molecule has 1 N–H and O–H groups in total. The van der Waals surface area contributed by atoms with Crippen molar-refractivity contribution in [1.82, 2.24) is 5.32 Å². The van der Waals surface area contributed by atoms with Gasteiger partial charge in [-0.1, -0.05) is 5.16 Å². The van der Waals surface area contributed by atoms with Crippen molar-refractivity contribution in [2.75, 3.05) is 13.4 Å². The minimum Gasteiger partial charge on any atom is -0.470 e. The molecule has 0 aliphatic rings. The molecule has 0 aliphatic heterocycles. The van der Waals surface area contributed by atoms with E-state index in [0.29, 0.717) is 5.75 Å². The second-order valence-electron chi connectivity index (χ2n) is 5.89. The van der Waals surface area contributed by atoms with Gasteiger partial charge in [0.05, 0.1) is 11.8 Å². The third-order valence-electron chi connectivity index (χ3n) is 3.31. The predicted octanol–water partition coefficient (Wildman–Crippen LogP) is 3.80. The summed E-state index contributed by atoms with van der Waals surface area (Å²) in [6.45, 7) is 5.73. The quantitative estimate of drug-likeness (QED) is 0.460. The maximum Gasteiger partial charge on any atom is 0.272 e. The lowest BCUT2D eigenvalue weighted by molar-refractivity contribution is -0.125. The Morgan fingerprint density at radius 1 is 1.46 bits per heavy atom. The minimum atomic E-state index is -0.643. The fourth-order valence-electron chi connectivity index (χ4n) is 2.22. The zero-order valence-corrected chi connectivity index (χ0v) is 16.1. The van der Waals surface area contributed by atoms with Crippen molar-refractivity contribution in [3.05, 3.63) is 29.1 Å². The van der Waals surface area contributed by atoms with Crippen LogP contribution in [0.15, 0.2) is 28.7 Å². The molecule has 0 aliphatic carbocycles. The van der Waals surface area contributed by atoms with Gasteiger partial charge in [0.15, 0.2) is 0 Å². The molecule has 1 aromatic heterocycles. The summed E-state index contributed by atoms with van der Waals surface area (Å²) in [5.74, 6) is 0.481. The number of ether oxygens (including phenoxy) is 1. The molecule has 0 bridgehead atoms. The SMILES string of the molecule is CO/N=C/C(C)(C)NC(=O)C(Oc1cc(C)c2sccc2c1)SC. The first-order chi connectivity index (χ1) is 11.4. The zero-order valence-electron chi connectivity index (χ0n) is 14.5. The predicted molar refractivity (Wildman–Crippen MR) is 102 cm³/mol. The van der Waals surface area contributed by atoms with Gasteiger partial charge in [0.2, 0.25) is 5.44 Å². The molecule has 1 aromatic carbocycles. The van der Waals surface area contributed by atoms with E-state index in [1.54, 1.807) is 17.6 Å². The fourth-order valence-corrected chi connectivity index (χ4v) is 3.56. The van der Waals surface area contributed by atoms with E-state index in [1.165, 1.54) is 23.6 Å². The lowest BCUT2D eigenvalue weighted by atomic mass is 10.1. The Kier molecular flexibility index (Phi) is 6.12. The summed E-state index contributed by atoms with van der Waals surface area (Å²) < 4.78 is 7.15. The summed E-state index contributed by atoms with van der Waals surface area (Å²) in [6, 6.07) is 5.98. The van der Waals surface area contributed by atoms with Gasteiger partial charge in [0.25, 0.3) is 5.91 Å². The van der Waals surface area contributed by atoms with E-state index in [9.17, 15) is 4.79 Å². The monoisotopic (exact) mass is 366 g/mol. The molecule has 0 spiro atoms. The first-order valence-electron chi connectivity index (χ1n) is 7.43. The number of thiophene rings is 1. The molecular weight excluding hydrogens is 344 g/mol. The van der Waals surface area contributed by atoms with Crippen LogP contribution in [0.25, 0.3) is 10.1 Å². The molecule has 0 saturated carbocycles. The molecule has 5 nitrogen and oxygen atoms in total. The second-order valence-corrected chi connectivity index (χ2v) is 7.71. The van der Waals surface area contributed by atoms with E-state index in [4.69, 9.17) is 4.74 Å². The largest absolute Gasteiger partial charge is 0.470 e. The highest BCUT2D eigenvalue weighted by atomic mass is 32.2. The van der Waals surface area contributed by atoms with Gasteiger partial charge in [0, 0.05) is 4.70 Å². The number of rotatable bonds is 7. The van der Waals surface area contributed by atoms with Crippen LogP contribution in [0.5, 0.6) is 5.75 Å². The van der Waals surface area contributed by atoms with Crippen molar-refractivity contribution in [2.24, 2.45) is 5.16 Å². The molecule has 1 unspecified atom stereocenters. The Morgan fingerprint density at radius 3 is 2.88 bits per heavy atom. The fraction of sp³-hybridized carbons (Fsp3) is 0.412. The minimum absolute atomic E-state index is 0.210. The van der Waals surface area contributed by atoms with Gasteiger partial charge in [-0.2, -0.15) is 0 Å². The lowest BCUT2D eigenvalue weighted by Gasteiger charge is -2.24. The van der Waals surface area contributed by atoms with Crippen LogP contribution in [-0.4, -0.2) is 36.5 Å². The number of nitrogens with one attached hydrogen (secondary N) is 1. The van der Waals surface area contributed by atoms with Crippen molar-refractivity contribution < 1.29 is 14.4 Å². The van der Waals surface area contributed by atoms with Crippen molar-refractivity contribution >= 4 is 45.3 Å². The van der Waals surface area contributed by atoms with Gasteiger partial charge >= 0.3 is 0 Å². The standard InChI is InChI=1S/C17H22N2O3S2/c1-11-8-13(9-12-6-7-24-14(11)12)22-16(23-5)15(20)19-17(2,3)10-18-21-4/h6-10,16H,1-5H3,(H,19,20)/b18-10+. The first-order valence-corrected chi connectivity index (χ1v) is 9.60. The number of carbonyl (C=O) groups excluding carboxylic acids is 1. The van der Waals surface area contributed by atoms with Gasteiger partial charge in [-0.25, -0.2) is 0 Å². The van der Waals surface area contributed by atoms with E-state index >= 15 is 0 Å². The summed E-state index contributed by atoms with van der Waals surface area (Å²) in [7, 11) is 1.46. The Balaban J connectivity index is 2.12. The molecule has 7 heteroatoms. The summed E-state index contributed by atoms with van der Waals surface area (Å²) in [5, 5.41) is 9.80. The Bertz CT molecular complexity index is 741. The number of oxime groups is 1. The van der Waals surface area contributed by atoms with Crippen LogP contribution in [0.3, 0.4) is 0 Å². The molecule has 0 radical (unpaired) electrons. The summed E-state index contributed by atoms with van der Waals surface area (Å²) in [6.07, 6.45) is 3.39. The van der Waals surface area contributed by atoms with E-state index in [-0.39, 0.29) is 5.91 Å². The van der Waals surface area contributed by atoms with Crippen LogP contribution in [0.4, 0.5) is 0 Å². The number of nitrogens with zero attached hydrogens (tertiary/aromatic N) is 1. The van der Waals surface area contributed by atoms with Crippen LogP contribution >= 0.6 is 23.1 Å². The van der Waals surface area contributed by atoms with Crippen LogP contribution < -0.4 is 10.1 Å². The molecular formula is C17H22N2O3S2. The average Bonchev–Trinajstić information content (AvgIpc) is 2.99. The van der Waals surface area contributed by atoms with Crippen LogP contribution in [0, 0.1) is 6.92 Å². The molecule has 24 heavy (non-hydrogen) atoms. The summed E-state index contributed by atoms with van der Waals surface area (Å²) in [4.78, 5) is 17.2. The maximum absolute atomic E-state index is 12.5. The van der Waals surface area contributed by atoms with Gasteiger partial charge in [-0.15, -0.1) is 23.1 Å². The molecule has 1 amide bonds. The van der Waals surface area contributed by atoms with Crippen LogP contribution in [0.1, 0.15) is 19.4 Å². The lowest BCUT2D eigenvalue weighted by Crippen LogP contribution is -2.49. The van der Waals surface area contributed by atoms with Gasteiger partial charge < -0.3 is 14.9 Å². The summed E-state index contributed by atoms with van der Waals surface area (Å²) >= 11 is 3.05. The normalized spacial score (nSPS) is 13.2. The third kappa shape index (κ3) is 4.64. The second kappa shape index (κ2) is 7.90. The van der Waals surface area contributed by atoms with E-state index in [2.05, 4.69) is 26.8 Å². The molecule has 130 valence electrons. The number of benzene rings is 1. The molecule has 1 heterocycles. The highest BCUT2D eigenvalue weighted by Gasteiger charge is 2.26. The highest BCUT2D eigenvalue weighted by molar-refractivity contribution is 7.99. The number of fused-ring (bicyclic) bond motifs is 1. The van der Waals surface area contributed by atoms with Crippen molar-refractivity contribution in [3.8, 4) is 5.75 Å². The highest BCUT2D eigenvalue weighted by Crippen LogP contribution is 2.30. The van der Waals surface area contributed by atoms with Crippen LogP contribution in [-0.2, 0) is 9.63 Å². The number of thioether (sulfide) groups is 1.